The third kappa shape index (κ3) is 5.34. The molecule has 0 aliphatic carbocycles. The van der Waals surface area contributed by atoms with E-state index in [9.17, 15) is 4.79 Å². The second kappa shape index (κ2) is 7.67. The van der Waals surface area contributed by atoms with Crippen LogP contribution in [0.3, 0.4) is 0 Å². The van der Waals surface area contributed by atoms with Crippen molar-refractivity contribution in [2.45, 2.75) is 18.9 Å². The van der Waals surface area contributed by atoms with E-state index in [1.165, 1.54) is 0 Å². The predicted molar refractivity (Wildman–Crippen MR) is 74.3 cm³/mol. The molecule has 19 heavy (non-hydrogen) atoms. The molecule has 0 aromatic rings. The van der Waals surface area contributed by atoms with Crippen LogP contribution in [0.5, 0.6) is 0 Å². The Balaban J connectivity index is 1.54. The van der Waals surface area contributed by atoms with Crippen molar-refractivity contribution < 1.29 is 9.53 Å². The number of carbonyl (C=O) groups is 1. The highest BCUT2D eigenvalue weighted by molar-refractivity contribution is 5.74. The summed E-state index contributed by atoms with van der Waals surface area (Å²) in [7, 11) is 2.12. The summed E-state index contributed by atoms with van der Waals surface area (Å²) in [5.41, 5.74) is 0. The number of morpholine rings is 1. The number of nitrogens with one attached hydrogen (secondary N) is 2. The number of rotatable bonds is 4. The maximum absolute atomic E-state index is 11.8. The van der Waals surface area contributed by atoms with Crippen molar-refractivity contribution in [3.05, 3.63) is 0 Å². The van der Waals surface area contributed by atoms with Crippen LogP contribution >= 0.6 is 0 Å². The van der Waals surface area contributed by atoms with E-state index in [0.717, 1.165) is 58.8 Å². The van der Waals surface area contributed by atoms with Gasteiger partial charge in [-0.1, -0.05) is 0 Å². The van der Waals surface area contributed by atoms with Crippen LogP contribution in [0.2, 0.25) is 0 Å². The number of piperidine rings is 1. The molecule has 2 N–H and O–H groups in total. The summed E-state index contributed by atoms with van der Waals surface area (Å²) in [5.74, 6) is 0. The smallest absolute Gasteiger partial charge is 0.315 e. The zero-order valence-electron chi connectivity index (χ0n) is 11.9. The largest absolute Gasteiger partial charge is 0.379 e. The summed E-state index contributed by atoms with van der Waals surface area (Å²) in [4.78, 5) is 16.4. The van der Waals surface area contributed by atoms with Crippen molar-refractivity contribution in [1.29, 1.82) is 0 Å². The summed E-state index contributed by atoms with van der Waals surface area (Å²) in [6, 6.07) is 0.308. The number of urea groups is 1. The Morgan fingerprint density at radius 3 is 2.58 bits per heavy atom. The molecule has 2 aliphatic heterocycles. The first-order valence-corrected chi connectivity index (χ1v) is 7.27. The zero-order chi connectivity index (χ0) is 13.5. The molecule has 2 fully saturated rings. The van der Waals surface area contributed by atoms with Gasteiger partial charge in [0.25, 0.3) is 0 Å². The van der Waals surface area contributed by atoms with Crippen LogP contribution < -0.4 is 10.6 Å². The van der Waals surface area contributed by atoms with E-state index in [1.54, 1.807) is 0 Å². The summed E-state index contributed by atoms with van der Waals surface area (Å²) in [6.45, 7) is 7.31. The Morgan fingerprint density at radius 2 is 1.89 bits per heavy atom. The average Bonchev–Trinajstić information content (AvgIpc) is 2.43. The second-order valence-corrected chi connectivity index (χ2v) is 5.43. The van der Waals surface area contributed by atoms with Gasteiger partial charge >= 0.3 is 6.03 Å². The lowest BCUT2D eigenvalue weighted by Gasteiger charge is -2.30. The molecule has 0 unspecified atom stereocenters. The van der Waals surface area contributed by atoms with E-state index in [4.69, 9.17) is 4.74 Å². The molecule has 2 amide bonds. The van der Waals surface area contributed by atoms with E-state index >= 15 is 0 Å². The maximum atomic E-state index is 11.8. The van der Waals surface area contributed by atoms with Gasteiger partial charge in [-0.3, -0.25) is 4.90 Å². The lowest BCUT2D eigenvalue weighted by Crippen LogP contribution is -2.49. The first-order valence-electron chi connectivity index (χ1n) is 7.27. The van der Waals surface area contributed by atoms with Gasteiger partial charge in [-0.05, 0) is 33.0 Å². The molecule has 2 heterocycles. The molecule has 0 spiro atoms. The highest BCUT2D eigenvalue weighted by Gasteiger charge is 2.18. The summed E-state index contributed by atoms with van der Waals surface area (Å²) in [5, 5.41) is 6.00. The molecule has 6 nitrogen and oxygen atoms in total. The van der Waals surface area contributed by atoms with Crippen LogP contribution in [0.15, 0.2) is 0 Å². The van der Waals surface area contributed by atoms with Crippen molar-refractivity contribution in [3.8, 4) is 0 Å². The first-order chi connectivity index (χ1) is 9.24. The SMILES string of the molecule is CN1CCC(NC(=O)NCCN2CCOCC2)CC1. The van der Waals surface area contributed by atoms with Crippen molar-refractivity contribution in [2.24, 2.45) is 0 Å². The van der Waals surface area contributed by atoms with Gasteiger partial charge in [0.15, 0.2) is 0 Å². The molecular formula is C13H26N4O2. The lowest BCUT2D eigenvalue weighted by atomic mass is 10.1. The fourth-order valence-electron chi connectivity index (χ4n) is 2.54. The monoisotopic (exact) mass is 270 g/mol. The van der Waals surface area contributed by atoms with E-state index in [2.05, 4.69) is 27.5 Å². The van der Waals surface area contributed by atoms with Crippen LogP contribution in [-0.4, -0.2) is 81.4 Å². The minimum absolute atomic E-state index is 0.0252. The van der Waals surface area contributed by atoms with E-state index in [0.29, 0.717) is 12.6 Å². The Kier molecular flexibility index (Phi) is 5.88. The number of amides is 2. The van der Waals surface area contributed by atoms with Crippen molar-refractivity contribution in [1.82, 2.24) is 20.4 Å². The molecular weight excluding hydrogens is 244 g/mol. The van der Waals surface area contributed by atoms with Gasteiger partial charge in [-0.15, -0.1) is 0 Å². The number of nitrogens with zero attached hydrogens (tertiary/aromatic N) is 2. The van der Waals surface area contributed by atoms with Gasteiger partial charge in [0.1, 0.15) is 0 Å². The molecule has 2 aliphatic rings. The van der Waals surface area contributed by atoms with Crippen LogP contribution in [-0.2, 0) is 4.74 Å². The van der Waals surface area contributed by atoms with Gasteiger partial charge in [-0.25, -0.2) is 4.79 Å². The standard InChI is InChI=1S/C13H26N4O2/c1-16-5-2-12(3-6-16)15-13(18)14-4-7-17-8-10-19-11-9-17/h12H,2-11H2,1H3,(H2,14,15,18). The molecule has 0 bridgehead atoms. The Bertz CT molecular complexity index is 274. The minimum Gasteiger partial charge on any atom is -0.379 e. The molecule has 6 heteroatoms. The van der Waals surface area contributed by atoms with Crippen LogP contribution in [0.25, 0.3) is 0 Å². The predicted octanol–water partition coefficient (Wildman–Crippen LogP) is -0.288. The summed E-state index contributed by atoms with van der Waals surface area (Å²) in [6.07, 6.45) is 2.10. The van der Waals surface area contributed by atoms with Gasteiger partial charge in [-0.2, -0.15) is 0 Å². The highest BCUT2D eigenvalue weighted by Crippen LogP contribution is 2.07. The minimum atomic E-state index is -0.0252. The van der Waals surface area contributed by atoms with Crippen LogP contribution in [0.4, 0.5) is 4.79 Å². The molecule has 110 valence electrons. The van der Waals surface area contributed by atoms with Gasteiger partial charge in [0.05, 0.1) is 13.2 Å². The molecule has 2 saturated heterocycles. The molecule has 0 atom stereocenters. The van der Waals surface area contributed by atoms with Crippen LogP contribution in [0.1, 0.15) is 12.8 Å². The lowest BCUT2D eigenvalue weighted by molar-refractivity contribution is 0.0387. The molecule has 0 aromatic carbocycles. The molecule has 0 aromatic heterocycles. The summed E-state index contributed by atoms with van der Waals surface area (Å²) < 4.78 is 5.29. The number of likely N-dealkylation sites (tertiary alicyclic amines) is 1. The fourth-order valence-corrected chi connectivity index (χ4v) is 2.54. The third-order valence-electron chi connectivity index (χ3n) is 3.87. The zero-order valence-corrected chi connectivity index (χ0v) is 11.9. The van der Waals surface area contributed by atoms with E-state index in [-0.39, 0.29) is 6.03 Å². The van der Waals surface area contributed by atoms with Crippen LogP contribution in [0, 0.1) is 0 Å². The number of hydrogen-bond acceptors (Lipinski definition) is 4. The topological polar surface area (TPSA) is 56.8 Å². The first kappa shape index (κ1) is 14.6. The van der Waals surface area contributed by atoms with E-state index in [1.807, 2.05) is 0 Å². The van der Waals surface area contributed by atoms with Gasteiger partial charge < -0.3 is 20.3 Å². The van der Waals surface area contributed by atoms with E-state index < -0.39 is 0 Å². The quantitative estimate of drug-likeness (QED) is 0.737. The Hall–Kier alpha value is -0.850. The van der Waals surface area contributed by atoms with Gasteiger partial charge in [0, 0.05) is 32.2 Å². The van der Waals surface area contributed by atoms with Crippen molar-refractivity contribution >= 4 is 6.03 Å². The normalized spacial score (nSPS) is 23.2. The average molecular weight is 270 g/mol. The fraction of sp³-hybridized carbons (Fsp3) is 0.923. The number of carbonyl (C=O) groups excluding carboxylic acids is 1. The molecule has 0 saturated carbocycles. The number of ether oxygens (including phenoxy) is 1. The maximum Gasteiger partial charge on any atom is 0.315 e. The second-order valence-electron chi connectivity index (χ2n) is 5.43. The Labute approximate surface area is 115 Å². The highest BCUT2D eigenvalue weighted by atomic mass is 16.5. The Morgan fingerprint density at radius 1 is 1.21 bits per heavy atom. The third-order valence-corrected chi connectivity index (χ3v) is 3.87. The molecule has 0 radical (unpaired) electrons. The summed E-state index contributed by atoms with van der Waals surface area (Å²) >= 11 is 0. The number of hydrogen-bond donors (Lipinski definition) is 2. The van der Waals surface area contributed by atoms with Crippen molar-refractivity contribution in [2.75, 3.05) is 59.5 Å². The van der Waals surface area contributed by atoms with Gasteiger partial charge in [0.2, 0.25) is 0 Å². The van der Waals surface area contributed by atoms with Crippen molar-refractivity contribution in [3.63, 3.8) is 0 Å². The molecule has 2 rings (SSSR count).